The molecule has 4 aliphatic carbocycles. The van der Waals surface area contributed by atoms with Crippen LogP contribution in [0.2, 0.25) is 5.02 Å². The van der Waals surface area contributed by atoms with E-state index < -0.39 is 5.91 Å². The third-order valence-electron chi connectivity index (χ3n) is 7.26. The number of anilines is 2. The number of halogens is 1. The highest BCUT2D eigenvalue weighted by molar-refractivity contribution is 6.30. The molecule has 2 saturated carbocycles. The zero-order chi connectivity index (χ0) is 21.4. The molecule has 1 saturated heterocycles. The molecule has 156 valence electrons. The number of amides is 3. The molecule has 2 aromatic carbocycles. The van der Waals surface area contributed by atoms with Gasteiger partial charge in [-0.2, -0.15) is 0 Å². The number of rotatable bonds is 3. The molecular weight excluding hydrogens is 416 g/mol. The number of aromatic hydroxyl groups is 1. The third-order valence-corrected chi connectivity index (χ3v) is 7.49. The van der Waals surface area contributed by atoms with Gasteiger partial charge < -0.3 is 10.4 Å². The summed E-state index contributed by atoms with van der Waals surface area (Å²) in [4.78, 5) is 40.2. The Hall–Kier alpha value is -3.12. The van der Waals surface area contributed by atoms with E-state index in [2.05, 4.69) is 17.5 Å². The summed E-state index contributed by atoms with van der Waals surface area (Å²) in [6.07, 6.45) is 5.42. The first-order chi connectivity index (χ1) is 14.9. The average molecular weight is 435 g/mol. The number of phenols is 1. The van der Waals surface area contributed by atoms with Gasteiger partial charge in [-0.25, -0.2) is 0 Å². The van der Waals surface area contributed by atoms with E-state index in [9.17, 15) is 19.5 Å². The molecule has 3 fully saturated rings. The molecular formula is C24H19ClN2O4. The van der Waals surface area contributed by atoms with Crippen LogP contribution in [0.1, 0.15) is 16.8 Å². The lowest BCUT2D eigenvalue weighted by molar-refractivity contribution is -0.124. The second-order valence-corrected chi connectivity index (χ2v) is 9.27. The zero-order valence-corrected chi connectivity index (χ0v) is 17.1. The Morgan fingerprint density at radius 2 is 1.58 bits per heavy atom. The Morgan fingerprint density at radius 3 is 2.16 bits per heavy atom. The Labute approximate surface area is 183 Å². The van der Waals surface area contributed by atoms with Gasteiger partial charge in [-0.05, 0) is 66.5 Å². The minimum absolute atomic E-state index is 0.122. The summed E-state index contributed by atoms with van der Waals surface area (Å²) in [6.45, 7) is 0. The van der Waals surface area contributed by atoms with E-state index in [1.165, 1.54) is 17.0 Å². The van der Waals surface area contributed by atoms with E-state index in [-0.39, 0.29) is 46.9 Å². The average Bonchev–Trinajstić information content (AvgIpc) is 3.54. The standard InChI is InChI=1S/C24H19ClN2O4/c25-12-3-8-18(19(28)9-12)26-22(29)11-1-4-13(5-2-11)27-23(30)20-14-6-7-15(17-10-16(14)17)21(20)24(27)31/h1-9,14-17,20-21,28H,10H2,(H,26,29)/t14-,15-,16-,17-,20+,21+/m0/s1. The van der Waals surface area contributed by atoms with E-state index in [4.69, 9.17) is 11.6 Å². The topological polar surface area (TPSA) is 86.7 Å². The fourth-order valence-corrected chi connectivity index (χ4v) is 5.94. The van der Waals surface area contributed by atoms with Crippen molar-refractivity contribution in [2.24, 2.45) is 35.5 Å². The Balaban J connectivity index is 1.23. The van der Waals surface area contributed by atoms with Gasteiger partial charge >= 0.3 is 0 Å². The maximum atomic E-state index is 13.2. The van der Waals surface area contributed by atoms with Crippen molar-refractivity contribution in [2.75, 3.05) is 10.2 Å². The number of imide groups is 1. The lowest BCUT2D eigenvalue weighted by Crippen LogP contribution is -2.40. The van der Waals surface area contributed by atoms with E-state index in [0.29, 0.717) is 28.1 Å². The maximum absolute atomic E-state index is 13.2. The van der Waals surface area contributed by atoms with Crippen molar-refractivity contribution in [3.63, 3.8) is 0 Å². The van der Waals surface area contributed by atoms with Gasteiger partial charge in [0.2, 0.25) is 11.8 Å². The van der Waals surface area contributed by atoms with Crippen molar-refractivity contribution >= 4 is 40.7 Å². The quantitative estimate of drug-likeness (QED) is 0.436. The van der Waals surface area contributed by atoms with Gasteiger partial charge in [-0.3, -0.25) is 19.3 Å². The molecule has 7 rings (SSSR count). The van der Waals surface area contributed by atoms with Crippen LogP contribution in [0.5, 0.6) is 5.75 Å². The Morgan fingerprint density at radius 1 is 0.968 bits per heavy atom. The smallest absolute Gasteiger partial charge is 0.255 e. The molecule has 6 atom stereocenters. The number of benzene rings is 2. The van der Waals surface area contributed by atoms with Crippen LogP contribution in [0.4, 0.5) is 11.4 Å². The van der Waals surface area contributed by atoms with Gasteiger partial charge in [0.05, 0.1) is 23.2 Å². The highest BCUT2D eigenvalue weighted by atomic mass is 35.5. The largest absolute Gasteiger partial charge is 0.506 e. The lowest BCUT2D eigenvalue weighted by atomic mass is 9.63. The summed E-state index contributed by atoms with van der Waals surface area (Å²) < 4.78 is 0. The van der Waals surface area contributed by atoms with Crippen LogP contribution < -0.4 is 10.2 Å². The van der Waals surface area contributed by atoms with Crippen LogP contribution in [0.15, 0.2) is 54.6 Å². The molecule has 31 heavy (non-hydrogen) atoms. The summed E-state index contributed by atoms with van der Waals surface area (Å²) in [5, 5.41) is 12.9. The highest BCUT2D eigenvalue weighted by Crippen LogP contribution is 2.65. The number of carbonyl (C=O) groups excluding carboxylic acids is 3. The first-order valence-electron chi connectivity index (χ1n) is 10.4. The molecule has 7 heteroatoms. The minimum atomic E-state index is -0.417. The van der Waals surface area contributed by atoms with Crippen molar-refractivity contribution in [3.8, 4) is 5.75 Å². The number of hydrogen-bond donors (Lipinski definition) is 2. The van der Waals surface area contributed by atoms with Crippen molar-refractivity contribution in [3.05, 3.63) is 65.2 Å². The minimum Gasteiger partial charge on any atom is -0.506 e. The molecule has 3 amide bonds. The Kier molecular flexibility index (Phi) is 3.87. The molecule has 6 nitrogen and oxygen atoms in total. The summed E-state index contributed by atoms with van der Waals surface area (Å²) >= 11 is 5.81. The molecule has 1 aliphatic heterocycles. The first kappa shape index (κ1) is 18.6. The molecule has 2 aromatic rings. The fourth-order valence-electron chi connectivity index (χ4n) is 5.78. The normalized spacial score (nSPS) is 32.1. The predicted octanol–water partition coefficient (Wildman–Crippen LogP) is 3.86. The van der Waals surface area contributed by atoms with Crippen LogP contribution in [0.25, 0.3) is 0 Å². The first-order valence-corrected chi connectivity index (χ1v) is 10.8. The van der Waals surface area contributed by atoms with Crippen LogP contribution in [-0.4, -0.2) is 22.8 Å². The van der Waals surface area contributed by atoms with Gasteiger partial charge in [0, 0.05) is 16.7 Å². The highest BCUT2D eigenvalue weighted by Gasteiger charge is 2.67. The molecule has 1 heterocycles. The van der Waals surface area contributed by atoms with Crippen molar-refractivity contribution < 1.29 is 19.5 Å². The maximum Gasteiger partial charge on any atom is 0.255 e. The molecule has 2 N–H and O–H groups in total. The molecule has 2 bridgehead atoms. The number of hydrogen-bond acceptors (Lipinski definition) is 4. The van der Waals surface area contributed by atoms with Crippen LogP contribution >= 0.6 is 11.6 Å². The third kappa shape index (κ3) is 2.67. The van der Waals surface area contributed by atoms with Crippen LogP contribution in [0.3, 0.4) is 0 Å². The zero-order valence-electron chi connectivity index (χ0n) is 16.4. The van der Waals surface area contributed by atoms with Crippen molar-refractivity contribution in [2.45, 2.75) is 6.42 Å². The molecule has 0 aromatic heterocycles. The summed E-state index contributed by atoms with van der Waals surface area (Å²) in [6, 6.07) is 10.8. The van der Waals surface area contributed by atoms with E-state index in [1.807, 2.05) is 0 Å². The van der Waals surface area contributed by atoms with Crippen molar-refractivity contribution in [1.29, 1.82) is 0 Å². The lowest BCUT2D eigenvalue weighted by Gasteiger charge is -2.37. The number of carbonyl (C=O) groups is 3. The van der Waals surface area contributed by atoms with Crippen LogP contribution in [-0.2, 0) is 9.59 Å². The molecule has 5 aliphatic rings. The summed E-state index contributed by atoms with van der Waals surface area (Å²) in [5.41, 5.74) is 1.08. The van der Waals surface area contributed by atoms with Crippen LogP contribution in [0, 0.1) is 35.5 Å². The van der Waals surface area contributed by atoms with Crippen molar-refractivity contribution in [1.82, 2.24) is 0 Å². The van der Waals surface area contributed by atoms with Gasteiger partial charge in [-0.1, -0.05) is 23.8 Å². The second kappa shape index (κ2) is 6.44. The number of nitrogens with one attached hydrogen (secondary N) is 1. The second-order valence-electron chi connectivity index (χ2n) is 8.83. The molecule has 0 spiro atoms. The summed E-state index contributed by atoms with van der Waals surface area (Å²) in [7, 11) is 0. The number of nitrogens with zero attached hydrogens (tertiary/aromatic N) is 1. The van der Waals surface area contributed by atoms with Gasteiger partial charge in [0.15, 0.2) is 0 Å². The number of allylic oxidation sites excluding steroid dienone is 2. The van der Waals surface area contributed by atoms with Gasteiger partial charge in [0.25, 0.3) is 5.91 Å². The molecule has 0 unspecified atom stereocenters. The SMILES string of the molecule is O=C(Nc1ccc(Cl)cc1O)c1ccc(N2C(=O)[C@@H]3[C@H]4C=C[C@@H]([C@@H]5C[C@@H]45)[C@H]3C2=O)cc1. The number of phenolic OH excluding ortho intramolecular Hbond substituents is 1. The van der Waals surface area contributed by atoms with E-state index in [1.54, 1.807) is 30.3 Å². The monoisotopic (exact) mass is 434 g/mol. The van der Waals surface area contributed by atoms with Gasteiger partial charge in [-0.15, -0.1) is 0 Å². The van der Waals surface area contributed by atoms with Gasteiger partial charge in [0.1, 0.15) is 5.75 Å². The Bertz CT molecular complexity index is 1140. The molecule has 0 radical (unpaired) electrons. The fraction of sp³-hybridized carbons (Fsp3) is 0.292. The van der Waals surface area contributed by atoms with E-state index >= 15 is 0 Å². The van der Waals surface area contributed by atoms with E-state index in [0.717, 1.165) is 6.42 Å². The predicted molar refractivity (Wildman–Crippen MR) is 115 cm³/mol. The summed E-state index contributed by atoms with van der Waals surface area (Å²) in [5.74, 6) is 0.188.